The molecule has 1 N–H and O–H groups in total. The molecule has 0 radical (unpaired) electrons. The van der Waals surface area contributed by atoms with Crippen molar-refractivity contribution in [2.45, 2.75) is 38.6 Å². The summed E-state index contributed by atoms with van der Waals surface area (Å²) in [6.07, 6.45) is 0.661. The monoisotopic (exact) mass is 425 g/mol. The predicted molar refractivity (Wildman–Crippen MR) is 119 cm³/mol. The Morgan fingerprint density at radius 3 is 2.52 bits per heavy atom. The number of nitrogens with zero attached hydrogens (tertiary/aromatic N) is 2. The smallest absolute Gasteiger partial charge is 0.327 e. The number of nitrogens with one attached hydrogen (secondary N) is 1. The van der Waals surface area contributed by atoms with Crippen molar-refractivity contribution in [3.8, 4) is 5.75 Å². The molecule has 3 rings (SSSR count). The average molecular weight is 426 g/mol. The maximum absolute atomic E-state index is 12.5. The highest BCUT2D eigenvalue weighted by molar-refractivity contribution is 5.99. The third-order valence-corrected chi connectivity index (χ3v) is 5.38. The highest BCUT2D eigenvalue weighted by Gasteiger charge is 2.42. The van der Waals surface area contributed by atoms with Gasteiger partial charge < -0.3 is 14.8 Å². The Balaban J connectivity index is 1.58. The molecule has 0 aromatic heterocycles. The maximum Gasteiger partial charge on any atom is 0.327 e. The fraction of sp³-hybridized carbons (Fsp3) is 0.417. The number of carbonyl (C=O) groups is 2. The Morgan fingerprint density at radius 2 is 1.90 bits per heavy atom. The quantitative estimate of drug-likeness (QED) is 0.590. The van der Waals surface area contributed by atoms with E-state index >= 15 is 0 Å². The van der Waals surface area contributed by atoms with Crippen molar-refractivity contribution in [2.75, 3.05) is 27.3 Å². The Hall–Kier alpha value is -2.90. The molecule has 1 heterocycles. The molecule has 31 heavy (non-hydrogen) atoms. The van der Waals surface area contributed by atoms with E-state index in [9.17, 15) is 9.59 Å². The first-order valence-electron chi connectivity index (χ1n) is 10.6. The zero-order valence-electron chi connectivity index (χ0n) is 18.4. The number of hydrogen-bond acceptors (Lipinski definition) is 5. The molecular weight excluding hydrogens is 394 g/mol. The van der Waals surface area contributed by atoms with E-state index in [1.54, 1.807) is 7.11 Å². The summed E-state index contributed by atoms with van der Waals surface area (Å²) >= 11 is 0. The van der Waals surface area contributed by atoms with Crippen LogP contribution in [0.4, 0.5) is 4.79 Å². The minimum atomic E-state index is -0.591. The van der Waals surface area contributed by atoms with Crippen LogP contribution in [0.3, 0.4) is 0 Å². The van der Waals surface area contributed by atoms with Crippen molar-refractivity contribution in [1.29, 1.82) is 0 Å². The van der Waals surface area contributed by atoms with Crippen molar-refractivity contribution in [3.05, 3.63) is 65.7 Å². The SMILES string of the molecule is CCCN(C)C(COC)c1ccc(O[C@H]2CC(=O)N2C(=O)NCc2ccccc2)cc1. The molecule has 166 valence electrons. The maximum atomic E-state index is 12.5. The Bertz CT molecular complexity index is 857. The van der Waals surface area contributed by atoms with E-state index in [1.807, 2.05) is 54.6 Å². The van der Waals surface area contributed by atoms with Gasteiger partial charge in [-0.25, -0.2) is 9.69 Å². The van der Waals surface area contributed by atoms with Crippen LogP contribution in [-0.4, -0.2) is 55.3 Å². The first kappa shape index (κ1) is 22.8. The molecule has 1 saturated heterocycles. The molecule has 2 aromatic rings. The minimum Gasteiger partial charge on any atom is -0.469 e. The van der Waals surface area contributed by atoms with Gasteiger partial charge in [-0.3, -0.25) is 9.69 Å². The second-order valence-electron chi connectivity index (χ2n) is 7.71. The van der Waals surface area contributed by atoms with Crippen molar-refractivity contribution >= 4 is 11.9 Å². The molecule has 0 aliphatic carbocycles. The molecule has 2 atom stereocenters. The van der Waals surface area contributed by atoms with Crippen molar-refractivity contribution in [2.24, 2.45) is 0 Å². The van der Waals surface area contributed by atoms with Crippen LogP contribution < -0.4 is 10.1 Å². The third kappa shape index (κ3) is 5.83. The van der Waals surface area contributed by atoms with Gasteiger partial charge >= 0.3 is 6.03 Å². The van der Waals surface area contributed by atoms with E-state index in [4.69, 9.17) is 9.47 Å². The minimum absolute atomic E-state index is 0.157. The summed E-state index contributed by atoms with van der Waals surface area (Å²) in [7, 11) is 3.79. The Morgan fingerprint density at radius 1 is 1.19 bits per heavy atom. The van der Waals surface area contributed by atoms with Gasteiger partial charge in [-0.05, 0) is 43.3 Å². The summed E-state index contributed by atoms with van der Waals surface area (Å²) in [6.45, 7) is 4.09. The van der Waals surface area contributed by atoms with Crippen LogP contribution >= 0.6 is 0 Å². The third-order valence-electron chi connectivity index (χ3n) is 5.38. The number of rotatable bonds is 10. The van der Waals surface area contributed by atoms with Gasteiger partial charge in [0.2, 0.25) is 5.91 Å². The van der Waals surface area contributed by atoms with Gasteiger partial charge in [0.05, 0.1) is 19.1 Å². The largest absolute Gasteiger partial charge is 0.469 e. The number of methoxy groups -OCH3 is 1. The summed E-state index contributed by atoms with van der Waals surface area (Å²) in [4.78, 5) is 27.9. The number of amides is 3. The zero-order chi connectivity index (χ0) is 22.2. The number of carbonyl (C=O) groups excluding carboxylic acids is 2. The molecule has 1 unspecified atom stereocenters. The number of hydrogen-bond donors (Lipinski definition) is 1. The standard InChI is InChI=1S/C24H31N3O4/c1-4-14-26(2)21(17-30-3)19-10-12-20(13-11-19)31-23-15-22(28)27(23)24(29)25-16-18-8-6-5-7-9-18/h5-13,21,23H,4,14-17H2,1-3H3,(H,25,29)/t21?,23-/m0/s1. The topological polar surface area (TPSA) is 71.1 Å². The van der Waals surface area contributed by atoms with Crippen LogP contribution in [0.15, 0.2) is 54.6 Å². The van der Waals surface area contributed by atoms with E-state index in [1.165, 1.54) is 0 Å². The second-order valence-corrected chi connectivity index (χ2v) is 7.71. The molecule has 3 amide bonds. The molecule has 1 aliphatic heterocycles. The van der Waals surface area contributed by atoms with E-state index in [2.05, 4.69) is 24.2 Å². The summed E-state index contributed by atoms with van der Waals surface area (Å²) < 4.78 is 11.3. The normalized spacial score (nSPS) is 16.7. The predicted octanol–water partition coefficient (Wildman–Crippen LogP) is 3.56. The number of benzene rings is 2. The second kappa shape index (κ2) is 10.9. The lowest BCUT2D eigenvalue weighted by atomic mass is 10.1. The first-order valence-corrected chi connectivity index (χ1v) is 10.6. The van der Waals surface area contributed by atoms with Crippen LogP contribution in [0, 0.1) is 0 Å². The molecule has 0 saturated carbocycles. The summed E-state index contributed by atoms with van der Waals surface area (Å²) in [5.41, 5.74) is 2.10. The highest BCUT2D eigenvalue weighted by atomic mass is 16.5. The van der Waals surface area contributed by atoms with Crippen LogP contribution in [0.25, 0.3) is 0 Å². The van der Waals surface area contributed by atoms with Gasteiger partial charge in [0.25, 0.3) is 0 Å². The van der Waals surface area contributed by atoms with Crippen LogP contribution in [0.2, 0.25) is 0 Å². The van der Waals surface area contributed by atoms with Gasteiger partial charge in [0.1, 0.15) is 5.75 Å². The summed E-state index contributed by atoms with van der Waals surface area (Å²) in [5, 5.41) is 2.78. The number of urea groups is 1. The molecule has 2 aromatic carbocycles. The first-order chi connectivity index (χ1) is 15.0. The van der Waals surface area contributed by atoms with Crippen molar-refractivity contribution < 1.29 is 19.1 Å². The lowest BCUT2D eigenvalue weighted by Crippen LogP contribution is -2.60. The van der Waals surface area contributed by atoms with Gasteiger partial charge in [0, 0.05) is 13.7 Å². The zero-order valence-corrected chi connectivity index (χ0v) is 18.4. The van der Waals surface area contributed by atoms with E-state index in [0.29, 0.717) is 18.9 Å². The summed E-state index contributed by atoms with van der Waals surface area (Å²) in [5.74, 6) is 0.380. The fourth-order valence-corrected chi connectivity index (χ4v) is 3.65. The molecular formula is C24H31N3O4. The molecule has 7 nitrogen and oxygen atoms in total. The van der Waals surface area contributed by atoms with Crippen molar-refractivity contribution in [3.63, 3.8) is 0 Å². The van der Waals surface area contributed by atoms with Crippen LogP contribution in [0.1, 0.15) is 36.9 Å². The van der Waals surface area contributed by atoms with Crippen molar-refractivity contribution in [1.82, 2.24) is 15.1 Å². The lowest BCUT2D eigenvalue weighted by Gasteiger charge is -2.38. The van der Waals surface area contributed by atoms with Gasteiger partial charge in [0.15, 0.2) is 6.23 Å². The molecule has 1 fully saturated rings. The average Bonchev–Trinajstić information content (AvgIpc) is 2.77. The number of ether oxygens (including phenoxy) is 2. The number of imide groups is 1. The van der Waals surface area contributed by atoms with Crippen LogP contribution in [0.5, 0.6) is 5.75 Å². The van der Waals surface area contributed by atoms with Gasteiger partial charge in [-0.2, -0.15) is 0 Å². The van der Waals surface area contributed by atoms with E-state index in [0.717, 1.165) is 29.0 Å². The van der Waals surface area contributed by atoms with Gasteiger partial charge in [-0.15, -0.1) is 0 Å². The molecule has 0 bridgehead atoms. The van der Waals surface area contributed by atoms with E-state index < -0.39 is 12.3 Å². The fourth-order valence-electron chi connectivity index (χ4n) is 3.65. The summed E-state index contributed by atoms with van der Waals surface area (Å²) in [6, 6.07) is 17.0. The molecule has 1 aliphatic rings. The Labute approximate surface area is 183 Å². The van der Waals surface area contributed by atoms with Gasteiger partial charge in [-0.1, -0.05) is 49.4 Å². The van der Waals surface area contributed by atoms with E-state index in [-0.39, 0.29) is 18.4 Å². The lowest BCUT2D eigenvalue weighted by molar-refractivity contribution is -0.152. The Kier molecular flexibility index (Phi) is 8.03. The number of likely N-dealkylation sites (N-methyl/N-ethyl adjacent to an activating group) is 1. The van der Waals surface area contributed by atoms with Crippen LogP contribution in [-0.2, 0) is 16.1 Å². The molecule has 0 spiro atoms. The highest BCUT2D eigenvalue weighted by Crippen LogP contribution is 2.27. The number of β-lactam (4-membered cyclic amide) rings is 1. The molecule has 7 heteroatoms. The number of likely N-dealkylation sites (tertiary alicyclic amines) is 1.